The van der Waals surface area contributed by atoms with Crippen molar-refractivity contribution in [2.45, 2.75) is 50.2 Å². The van der Waals surface area contributed by atoms with E-state index < -0.39 is 24.0 Å². The number of nitrogens with one attached hydrogen (secondary N) is 2. The van der Waals surface area contributed by atoms with E-state index in [1.54, 1.807) is 0 Å². The SMILES string of the molecule is CN(Cc1ccccc1)CC(NC(=O)OCC1c2ccccc2-c2ccccc21)C(=O)N[C@@H]1CCC[C@@H](C(=O)O)C1. The molecule has 8 heteroatoms. The Morgan fingerprint density at radius 3 is 2.22 bits per heavy atom. The van der Waals surface area contributed by atoms with Gasteiger partial charge in [0.25, 0.3) is 0 Å². The molecule has 2 aliphatic rings. The molecule has 0 heterocycles. The molecule has 0 spiro atoms. The number of aliphatic carboxylic acids is 1. The largest absolute Gasteiger partial charge is 0.481 e. The molecule has 0 aliphatic heterocycles. The lowest BCUT2D eigenvalue weighted by atomic mass is 9.85. The van der Waals surface area contributed by atoms with Crippen molar-refractivity contribution in [1.29, 1.82) is 0 Å². The minimum absolute atomic E-state index is 0.0867. The number of carboxylic acids is 1. The Bertz CT molecular complexity index is 1330. The Morgan fingerprint density at radius 2 is 1.56 bits per heavy atom. The minimum Gasteiger partial charge on any atom is -0.481 e. The molecule has 3 aromatic carbocycles. The first-order valence-electron chi connectivity index (χ1n) is 14.3. The minimum atomic E-state index is -0.871. The summed E-state index contributed by atoms with van der Waals surface area (Å²) in [6.07, 6.45) is 1.79. The van der Waals surface area contributed by atoms with Crippen molar-refractivity contribution in [2.24, 2.45) is 5.92 Å². The molecule has 2 aliphatic carbocycles. The molecule has 1 saturated carbocycles. The number of fused-ring (bicyclic) bond motifs is 3. The number of hydrogen-bond donors (Lipinski definition) is 3. The van der Waals surface area contributed by atoms with Crippen LogP contribution in [0.4, 0.5) is 4.79 Å². The molecule has 0 saturated heterocycles. The average Bonchev–Trinajstić information content (AvgIpc) is 3.30. The number of benzene rings is 3. The zero-order chi connectivity index (χ0) is 28.8. The molecule has 3 aromatic rings. The second-order valence-electron chi connectivity index (χ2n) is 11.1. The fraction of sp³-hybridized carbons (Fsp3) is 0.364. The molecule has 8 nitrogen and oxygen atoms in total. The second kappa shape index (κ2) is 13.0. The first-order chi connectivity index (χ1) is 19.9. The van der Waals surface area contributed by atoms with Gasteiger partial charge in [0, 0.05) is 25.0 Å². The van der Waals surface area contributed by atoms with Gasteiger partial charge in [-0.25, -0.2) is 4.79 Å². The maximum atomic E-state index is 13.4. The predicted octanol–water partition coefficient (Wildman–Crippen LogP) is 4.79. The van der Waals surface area contributed by atoms with Crippen LogP contribution in [-0.4, -0.2) is 60.3 Å². The molecular formula is C33H37N3O5. The van der Waals surface area contributed by atoms with Gasteiger partial charge < -0.3 is 20.5 Å². The van der Waals surface area contributed by atoms with Crippen LogP contribution in [0, 0.1) is 5.92 Å². The molecule has 1 unspecified atom stereocenters. The third-order valence-corrected chi connectivity index (χ3v) is 8.11. The van der Waals surface area contributed by atoms with Crippen LogP contribution < -0.4 is 10.6 Å². The number of carboxylic acid groups (broad SMARTS) is 1. The highest BCUT2D eigenvalue weighted by molar-refractivity contribution is 5.86. The van der Waals surface area contributed by atoms with Gasteiger partial charge in [0.15, 0.2) is 0 Å². The normalized spacial score (nSPS) is 18.7. The Labute approximate surface area is 240 Å². The van der Waals surface area contributed by atoms with Crippen molar-refractivity contribution in [3.8, 4) is 11.1 Å². The van der Waals surface area contributed by atoms with E-state index in [-0.39, 0.29) is 31.0 Å². The second-order valence-corrected chi connectivity index (χ2v) is 11.1. The van der Waals surface area contributed by atoms with Gasteiger partial charge in [-0.3, -0.25) is 14.5 Å². The van der Waals surface area contributed by atoms with Crippen LogP contribution in [0.2, 0.25) is 0 Å². The zero-order valence-corrected chi connectivity index (χ0v) is 23.3. The molecule has 214 valence electrons. The maximum Gasteiger partial charge on any atom is 0.407 e. The highest BCUT2D eigenvalue weighted by Crippen LogP contribution is 2.44. The van der Waals surface area contributed by atoms with Gasteiger partial charge in [0.2, 0.25) is 5.91 Å². The highest BCUT2D eigenvalue weighted by Gasteiger charge is 2.32. The molecule has 41 heavy (non-hydrogen) atoms. The smallest absolute Gasteiger partial charge is 0.407 e. The zero-order valence-electron chi connectivity index (χ0n) is 23.3. The number of alkyl carbamates (subject to hydrolysis) is 1. The maximum absolute atomic E-state index is 13.4. The molecule has 2 amide bonds. The molecule has 3 N–H and O–H groups in total. The van der Waals surface area contributed by atoms with Gasteiger partial charge in [-0.05, 0) is 54.1 Å². The number of hydrogen-bond acceptors (Lipinski definition) is 5. The van der Waals surface area contributed by atoms with E-state index in [1.807, 2.05) is 66.5 Å². The van der Waals surface area contributed by atoms with Gasteiger partial charge in [-0.15, -0.1) is 0 Å². The van der Waals surface area contributed by atoms with E-state index in [0.717, 1.165) is 34.2 Å². The van der Waals surface area contributed by atoms with E-state index in [9.17, 15) is 19.5 Å². The van der Waals surface area contributed by atoms with Crippen LogP contribution in [0.3, 0.4) is 0 Å². The Balaban J connectivity index is 1.25. The average molecular weight is 556 g/mol. The lowest BCUT2D eigenvalue weighted by molar-refractivity contribution is -0.143. The first-order valence-corrected chi connectivity index (χ1v) is 14.3. The Hall–Kier alpha value is -4.17. The number of amides is 2. The number of likely N-dealkylation sites (N-methyl/N-ethyl adjacent to an activating group) is 1. The molecule has 3 atom stereocenters. The summed E-state index contributed by atoms with van der Waals surface area (Å²) >= 11 is 0. The summed E-state index contributed by atoms with van der Waals surface area (Å²) in [5.74, 6) is -1.73. The standard InChI is InChI=1S/C33H37N3O5/c1-36(19-22-10-3-2-4-11-22)20-30(31(37)34-24-13-9-12-23(18-24)32(38)39)35-33(40)41-21-29-27-16-7-5-14-25(27)26-15-6-8-17-28(26)29/h2-8,10-11,14-17,23-24,29-30H,9,12-13,18-21H2,1H3,(H,34,37)(H,35,40)(H,38,39)/t23-,24-,30?/m1/s1. The molecule has 1 fully saturated rings. The summed E-state index contributed by atoms with van der Waals surface area (Å²) in [4.78, 5) is 40.0. The quantitative estimate of drug-likeness (QED) is 0.332. The van der Waals surface area contributed by atoms with E-state index in [0.29, 0.717) is 25.8 Å². The lowest BCUT2D eigenvalue weighted by Crippen LogP contribution is -2.54. The van der Waals surface area contributed by atoms with Crippen LogP contribution in [0.1, 0.15) is 48.3 Å². The third kappa shape index (κ3) is 6.95. The van der Waals surface area contributed by atoms with Crippen molar-refractivity contribution in [1.82, 2.24) is 15.5 Å². The summed E-state index contributed by atoms with van der Waals surface area (Å²) in [5.41, 5.74) is 5.60. The number of carbonyl (C=O) groups is 3. The molecule has 0 aromatic heterocycles. The molecule has 0 bridgehead atoms. The fourth-order valence-corrected chi connectivity index (χ4v) is 6.09. The number of rotatable bonds is 10. The topological polar surface area (TPSA) is 108 Å². The Kier molecular flexibility index (Phi) is 8.99. The number of nitrogens with zero attached hydrogens (tertiary/aromatic N) is 1. The van der Waals surface area contributed by atoms with Crippen molar-refractivity contribution < 1.29 is 24.2 Å². The molecule has 0 radical (unpaired) electrons. The van der Waals surface area contributed by atoms with E-state index in [1.165, 1.54) is 0 Å². The van der Waals surface area contributed by atoms with Crippen LogP contribution in [0.25, 0.3) is 11.1 Å². The van der Waals surface area contributed by atoms with Gasteiger partial charge in [-0.1, -0.05) is 85.3 Å². The highest BCUT2D eigenvalue weighted by atomic mass is 16.5. The Morgan fingerprint density at radius 1 is 0.927 bits per heavy atom. The summed E-state index contributed by atoms with van der Waals surface area (Å²) in [5, 5.41) is 15.3. The van der Waals surface area contributed by atoms with Crippen LogP contribution in [0.5, 0.6) is 0 Å². The summed E-state index contributed by atoms with van der Waals surface area (Å²) in [6.45, 7) is 1.01. The van der Waals surface area contributed by atoms with Gasteiger partial charge >= 0.3 is 12.1 Å². The van der Waals surface area contributed by atoms with Crippen molar-refractivity contribution >= 4 is 18.0 Å². The fourth-order valence-electron chi connectivity index (χ4n) is 6.09. The van der Waals surface area contributed by atoms with E-state index in [4.69, 9.17) is 4.74 Å². The van der Waals surface area contributed by atoms with Gasteiger partial charge in [0.1, 0.15) is 12.6 Å². The van der Waals surface area contributed by atoms with Gasteiger partial charge in [0.05, 0.1) is 5.92 Å². The van der Waals surface area contributed by atoms with E-state index in [2.05, 4.69) is 34.9 Å². The van der Waals surface area contributed by atoms with Gasteiger partial charge in [-0.2, -0.15) is 0 Å². The summed E-state index contributed by atoms with van der Waals surface area (Å²) < 4.78 is 5.73. The lowest BCUT2D eigenvalue weighted by Gasteiger charge is -2.30. The van der Waals surface area contributed by atoms with E-state index >= 15 is 0 Å². The van der Waals surface area contributed by atoms with Crippen LogP contribution in [-0.2, 0) is 20.9 Å². The molecule has 5 rings (SSSR count). The number of ether oxygens (including phenoxy) is 1. The first kappa shape index (κ1) is 28.4. The summed E-state index contributed by atoms with van der Waals surface area (Å²) in [6, 6.07) is 25.1. The third-order valence-electron chi connectivity index (χ3n) is 8.11. The van der Waals surface area contributed by atoms with Crippen molar-refractivity contribution in [2.75, 3.05) is 20.2 Å². The van der Waals surface area contributed by atoms with Crippen LogP contribution in [0.15, 0.2) is 78.9 Å². The van der Waals surface area contributed by atoms with Crippen LogP contribution >= 0.6 is 0 Å². The number of carbonyl (C=O) groups excluding carboxylic acids is 2. The molecular weight excluding hydrogens is 518 g/mol. The monoisotopic (exact) mass is 555 g/mol. The summed E-state index contributed by atoms with van der Waals surface area (Å²) in [7, 11) is 1.90. The van der Waals surface area contributed by atoms with Crippen molar-refractivity contribution in [3.05, 3.63) is 95.6 Å². The predicted molar refractivity (Wildman–Crippen MR) is 156 cm³/mol. The van der Waals surface area contributed by atoms with Crippen molar-refractivity contribution in [3.63, 3.8) is 0 Å².